The molecule has 1 atom stereocenters. The van der Waals surface area contributed by atoms with E-state index in [0.717, 1.165) is 45.0 Å². The van der Waals surface area contributed by atoms with Crippen molar-refractivity contribution < 1.29 is 13.2 Å². The summed E-state index contributed by atoms with van der Waals surface area (Å²) in [4.78, 5) is 2.05. The number of aromatic nitrogens is 2. The number of hydrogen-bond donors (Lipinski definition) is 1. The molecule has 0 radical (unpaired) electrons. The van der Waals surface area contributed by atoms with Crippen LogP contribution in [0, 0.1) is 0 Å². The first-order valence-electron chi connectivity index (χ1n) is 6.90. The Hall–Kier alpha value is -1.37. The van der Waals surface area contributed by atoms with Gasteiger partial charge in [-0.1, -0.05) is 6.92 Å². The molecule has 0 bridgehead atoms. The van der Waals surface area contributed by atoms with Crippen molar-refractivity contribution in [2.45, 2.75) is 38.4 Å². The van der Waals surface area contributed by atoms with Crippen LogP contribution < -0.4 is 10.2 Å². The Morgan fingerprint density at radius 2 is 2.10 bits per heavy atom. The van der Waals surface area contributed by atoms with Gasteiger partial charge in [0.15, 0.2) is 11.5 Å². The first-order valence-corrected chi connectivity index (χ1v) is 6.90. The molecule has 20 heavy (non-hydrogen) atoms. The molecule has 0 aromatic carbocycles. The summed E-state index contributed by atoms with van der Waals surface area (Å²) in [7, 11) is 0. The maximum atomic E-state index is 12.5. The zero-order chi connectivity index (χ0) is 14.6. The summed E-state index contributed by atoms with van der Waals surface area (Å²) in [6, 6.07) is 2.69. The molecule has 2 rings (SSSR count). The van der Waals surface area contributed by atoms with Crippen LogP contribution in [0.4, 0.5) is 19.0 Å². The number of likely N-dealkylation sites (N-methyl/N-ethyl adjacent to an activating group) is 1. The van der Waals surface area contributed by atoms with Gasteiger partial charge in [-0.2, -0.15) is 13.2 Å². The molecular formula is C13H19F3N4. The monoisotopic (exact) mass is 288 g/mol. The van der Waals surface area contributed by atoms with Gasteiger partial charge in [0.25, 0.3) is 0 Å². The van der Waals surface area contributed by atoms with E-state index in [2.05, 4.69) is 20.4 Å². The van der Waals surface area contributed by atoms with Crippen molar-refractivity contribution in [3.63, 3.8) is 0 Å². The summed E-state index contributed by atoms with van der Waals surface area (Å²) < 4.78 is 37.4. The quantitative estimate of drug-likeness (QED) is 0.924. The minimum Gasteiger partial charge on any atom is -0.351 e. The molecule has 0 spiro atoms. The number of rotatable bonds is 4. The van der Waals surface area contributed by atoms with Gasteiger partial charge in [0.05, 0.1) is 0 Å². The maximum Gasteiger partial charge on any atom is 0.435 e. The van der Waals surface area contributed by atoms with Crippen LogP contribution in [0.1, 0.15) is 31.9 Å². The third kappa shape index (κ3) is 3.59. The summed E-state index contributed by atoms with van der Waals surface area (Å²) in [5.74, 6) is 0.528. The third-order valence-corrected chi connectivity index (χ3v) is 3.49. The molecule has 1 aromatic heterocycles. The molecule has 1 N–H and O–H groups in total. The zero-order valence-electron chi connectivity index (χ0n) is 11.5. The predicted molar refractivity (Wildman–Crippen MR) is 70.6 cm³/mol. The molecule has 112 valence electrons. The van der Waals surface area contributed by atoms with E-state index in [-0.39, 0.29) is 6.04 Å². The van der Waals surface area contributed by atoms with E-state index >= 15 is 0 Å². The lowest BCUT2D eigenvalue weighted by Crippen LogP contribution is -2.46. The van der Waals surface area contributed by atoms with Crippen LogP contribution in [0.2, 0.25) is 0 Å². The fourth-order valence-electron chi connectivity index (χ4n) is 2.45. The number of hydrogen-bond acceptors (Lipinski definition) is 4. The van der Waals surface area contributed by atoms with Crippen molar-refractivity contribution in [3.05, 3.63) is 17.8 Å². The number of halogens is 3. The highest BCUT2D eigenvalue weighted by Gasteiger charge is 2.33. The minimum absolute atomic E-state index is 0.273. The summed E-state index contributed by atoms with van der Waals surface area (Å²) in [5.41, 5.74) is -0.943. The third-order valence-electron chi connectivity index (χ3n) is 3.49. The Bertz CT molecular complexity index is 419. The zero-order valence-corrected chi connectivity index (χ0v) is 11.5. The number of alkyl halides is 3. The Balaban J connectivity index is 2.11. The second-order valence-electron chi connectivity index (χ2n) is 4.93. The topological polar surface area (TPSA) is 41.0 Å². The van der Waals surface area contributed by atoms with Crippen LogP contribution in [0.15, 0.2) is 12.1 Å². The van der Waals surface area contributed by atoms with Gasteiger partial charge in [0.1, 0.15) is 0 Å². The number of anilines is 1. The van der Waals surface area contributed by atoms with Crippen LogP contribution >= 0.6 is 0 Å². The lowest BCUT2D eigenvalue weighted by Gasteiger charge is -2.36. The van der Waals surface area contributed by atoms with Crippen molar-refractivity contribution >= 4 is 5.82 Å². The second-order valence-corrected chi connectivity index (χ2v) is 4.93. The average molecular weight is 288 g/mol. The van der Waals surface area contributed by atoms with Gasteiger partial charge in [-0.15, -0.1) is 10.2 Å². The van der Waals surface area contributed by atoms with Crippen LogP contribution in [0.25, 0.3) is 0 Å². The van der Waals surface area contributed by atoms with Crippen LogP contribution in [-0.2, 0) is 6.18 Å². The Labute approximate surface area is 116 Å². The number of nitrogens with one attached hydrogen (secondary N) is 1. The summed E-state index contributed by atoms with van der Waals surface area (Å²) >= 11 is 0. The molecule has 1 aromatic rings. The average Bonchev–Trinajstić information content (AvgIpc) is 2.45. The first kappa shape index (κ1) is 15.0. The summed E-state index contributed by atoms with van der Waals surface area (Å²) in [5, 5.41) is 10.3. The van der Waals surface area contributed by atoms with Crippen molar-refractivity contribution in [1.82, 2.24) is 15.5 Å². The van der Waals surface area contributed by atoms with Gasteiger partial charge in [0, 0.05) is 19.1 Å². The van der Waals surface area contributed by atoms with E-state index in [1.807, 2.05) is 6.92 Å². The number of piperidine rings is 1. The highest BCUT2D eigenvalue weighted by Crippen LogP contribution is 2.28. The SMILES string of the molecule is CCNCC1CCCCN1c1ccc(C(F)(F)F)nn1. The molecular weight excluding hydrogens is 269 g/mol. The lowest BCUT2D eigenvalue weighted by atomic mass is 10.0. The van der Waals surface area contributed by atoms with Crippen LogP contribution in [0.3, 0.4) is 0 Å². The van der Waals surface area contributed by atoms with Gasteiger partial charge in [0.2, 0.25) is 0 Å². The van der Waals surface area contributed by atoms with Gasteiger partial charge >= 0.3 is 6.18 Å². The molecule has 0 saturated carbocycles. The molecule has 0 amide bonds. The van der Waals surface area contributed by atoms with Crippen molar-refractivity contribution in [2.75, 3.05) is 24.5 Å². The first-order chi connectivity index (χ1) is 9.52. The van der Waals surface area contributed by atoms with E-state index in [4.69, 9.17) is 0 Å². The van der Waals surface area contributed by atoms with Gasteiger partial charge < -0.3 is 10.2 Å². The van der Waals surface area contributed by atoms with E-state index in [1.165, 1.54) is 6.07 Å². The van der Waals surface area contributed by atoms with E-state index in [0.29, 0.717) is 5.82 Å². The molecule has 1 fully saturated rings. The molecule has 1 unspecified atom stereocenters. The molecule has 1 aliphatic rings. The smallest absolute Gasteiger partial charge is 0.351 e. The molecule has 2 heterocycles. The minimum atomic E-state index is -4.43. The normalized spacial score (nSPS) is 20.2. The Morgan fingerprint density at radius 3 is 2.70 bits per heavy atom. The summed E-state index contributed by atoms with van der Waals surface area (Å²) in [6.07, 6.45) is -1.24. The van der Waals surface area contributed by atoms with E-state index < -0.39 is 11.9 Å². The fourth-order valence-corrected chi connectivity index (χ4v) is 2.45. The standard InChI is InChI=1S/C13H19F3N4/c1-2-17-9-10-5-3-4-8-20(10)12-7-6-11(18-19-12)13(14,15)16/h6-7,10,17H,2-5,8-9H2,1H3. The highest BCUT2D eigenvalue weighted by molar-refractivity contribution is 5.39. The summed E-state index contributed by atoms with van der Waals surface area (Å²) in [6.45, 7) is 4.55. The van der Waals surface area contributed by atoms with Gasteiger partial charge in [-0.05, 0) is 37.9 Å². The van der Waals surface area contributed by atoms with Crippen molar-refractivity contribution in [1.29, 1.82) is 0 Å². The molecule has 4 nitrogen and oxygen atoms in total. The molecule has 1 aliphatic heterocycles. The maximum absolute atomic E-state index is 12.5. The largest absolute Gasteiger partial charge is 0.435 e. The number of nitrogens with zero attached hydrogens (tertiary/aromatic N) is 3. The fraction of sp³-hybridized carbons (Fsp3) is 0.692. The molecule has 7 heteroatoms. The van der Waals surface area contributed by atoms with Crippen LogP contribution in [0.5, 0.6) is 0 Å². The Kier molecular flexibility index (Phi) is 4.80. The lowest BCUT2D eigenvalue weighted by molar-refractivity contribution is -0.141. The predicted octanol–water partition coefficient (Wildman–Crippen LogP) is 2.46. The van der Waals surface area contributed by atoms with Crippen molar-refractivity contribution in [2.24, 2.45) is 0 Å². The highest BCUT2D eigenvalue weighted by atomic mass is 19.4. The molecule has 1 saturated heterocycles. The second kappa shape index (κ2) is 6.39. The molecule has 0 aliphatic carbocycles. The van der Waals surface area contributed by atoms with Crippen molar-refractivity contribution in [3.8, 4) is 0 Å². The van der Waals surface area contributed by atoms with E-state index in [9.17, 15) is 13.2 Å². The van der Waals surface area contributed by atoms with Gasteiger partial charge in [-0.25, -0.2) is 0 Å². The van der Waals surface area contributed by atoms with E-state index in [1.54, 1.807) is 0 Å². The van der Waals surface area contributed by atoms with Gasteiger partial charge in [-0.3, -0.25) is 0 Å². The van der Waals surface area contributed by atoms with Crippen LogP contribution in [-0.4, -0.2) is 35.9 Å². The Morgan fingerprint density at radius 1 is 1.30 bits per heavy atom.